The first-order valence-electron chi connectivity index (χ1n) is 6.45. The average Bonchev–Trinajstić information content (AvgIpc) is 2.34. The van der Waals surface area contributed by atoms with Crippen molar-refractivity contribution in [2.75, 3.05) is 6.54 Å². The van der Waals surface area contributed by atoms with Crippen LogP contribution >= 0.6 is 0 Å². The van der Waals surface area contributed by atoms with Gasteiger partial charge in [0.15, 0.2) is 0 Å². The Morgan fingerprint density at radius 1 is 1.44 bits per heavy atom. The SMILES string of the molecule is CCNC1CC(c2ccccc2[N+](=O)[O-])C1(C)C. The topological polar surface area (TPSA) is 55.2 Å². The molecule has 2 unspecified atom stereocenters. The third kappa shape index (κ3) is 2.01. The van der Waals surface area contributed by atoms with Gasteiger partial charge in [-0.3, -0.25) is 10.1 Å². The first kappa shape index (κ1) is 13.0. The predicted octanol–water partition coefficient (Wildman–Crippen LogP) is 3.09. The molecular weight excluding hydrogens is 228 g/mol. The molecule has 0 amide bonds. The van der Waals surface area contributed by atoms with Crippen LogP contribution in [0.25, 0.3) is 0 Å². The van der Waals surface area contributed by atoms with E-state index in [-0.39, 0.29) is 21.9 Å². The van der Waals surface area contributed by atoms with Crippen LogP contribution in [0.15, 0.2) is 24.3 Å². The summed E-state index contributed by atoms with van der Waals surface area (Å²) in [6.07, 6.45) is 0.978. The Kier molecular flexibility index (Phi) is 3.39. The Morgan fingerprint density at radius 2 is 2.11 bits per heavy atom. The van der Waals surface area contributed by atoms with Gasteiger partial charge in [-0.2, -0.15) is 0 Å². The minimum atomic E-state index is -0.272. The van der Waals surface area contributed by atoms with Crippen LogP contribution in [0.1, 0.15) is 38.7 Å². The van der Waals surface area contributed by atoms with E-state index in [1.807, 2.05) is 12.1 Å². The van der Waals surface area contributed by atoms with Crippen molar-refractivity contribution in [1.29, 1.82) is 0 Å². The van der Waals surface area contributed by atoms with Crippen LogP contribution in [0.3, 0.4) is 0 Å². The van der Waals surface area contributed by atoms with Gasteiger partial charge in [0.25, 0.3) is 5.69 Å². The Morgan fingerprint density at radius 3 is 2.67 bits per heavy atom. The molecule has 1 aliphatic carbocycles. The quantitative estimate of drug-likeness (QED) is 0.658. The number of nitrogens with zero attached hydrogens (tertiary/aromatic N) is 1. The van der Waals surface area contributed by atoms with Gasteiger partial charge in [0.2, 0.25) is 0 Å². The highest BCUT2D eigenvalue weighted by Crippen LogP contribution is 2.54. The number of para-hydroxylation sites is 1. The second-order valence-electron chi connectivity index (χ2n) is 5.54. The van der Waals surface area contributed by atoms with Crippen LogP contribution in [0.4, 0.5) is 5.69 Å². The first-order valence-corrected chi connectivity index (χ1v) is 6.45. The summed E-state index contributed by atoms with van der Waals surface area (Å²) < 4.78 is 0. The molecule has 1 aliphatic rings. The zero-order valence-electron chi connectivity index (χ0n) is 11.1. The van der Waals surface area contributed by atoms with Gasteiger partial charge in [0.1, 0.15) is 0 Å². The lowest BCUT2D eigenvalue weighted by Crippen LogP contribution is -2.55. The number of hydrogen-bond acceptors (Lipinski definition) is 3. The Bertz CT molecular complexity index is 457. The maximum atomic E-state index is 11.1. The summed E-state index contributed by atoms with van der Waals surface area (Å²) in [6, 6.07) is 7.57. The zero-order chi connectivity index (χ0) is 13.3. The van der Waals surface area contributed by atoms with E-state index in [0.29, 0.717) is 6.04 Å². The molecule has 2 rings (SSSR count). The highest BCUT2D eigenvalue weighted by molar-refractivity contribution is 5.45. The molecular formula is C14H20N2O2. The number of nitrogens with one attached hydrogen (secondary N) is 1. The number of rotatable bonds is 4. The molecule has 2 atom stereocenters. The number of benzene rings is 1. The second kappa shape index (κ2) is 4.69. The predicted molar refractivity (Wildman–Crippen MR) is 71.7 cm³/mol. The van der Waals surface area contributed by atoms with E-state index in [9.17, 15) is 10.1 Å². The molecule has 0 spiro atoms. The molecule has 1 saturated carbocycles. The lowest BCUT2D eigenvalue weighted by Gasteiger charge is -2.52. The molecule has 4 nitrogen and oxygen atoms in total. The van der Waals surface area contributed by atoms with Crippen molar-refractivity contribution in [3.05, 3.63) is 39.9 Å². The van der Waals surface area contributed by atoms with Crippen LogP contribution in [0, 0.1) is 15.5 Å². The van der Waals surface area contributed by atoms with Gasteiger partial charge >= 0.3 is 0 Å². The third-order valence-electron chi connectivity index (χ3n) is 4.23. The summed E-state index contributed by atoms with van der Waals surface area (Å²) in [5.74, 6) is 0.267. The Balaban J connectivity index is 2.27. The molecule has 18 heavy (non-hydrogen) atoms. The summed E-state index contributed by atoms with van der Waals surface area (Å²) in [7, 11) is 0. The minimum Gasteiger partial charge on any atom is -0.314 e. The zero-order valence-corrected chi connectivity index (χ0v) is 11.1. The van der Waals surface area contributed by atoms with Crippen LogP contribution in [0.5, 0.6) is 0 Å². The molecule has 98 valence electrons. The van der Waals surface area contributed by atoms with Crippen LogP contribution in [0.2, 0.25) is 0 Å². The smallest absolute Gasteiger partial charge is 0.272 e. The largest absolute Gasteiger partial charge is 0.314 e. The average molecular weight is 248 g/mol. The summed E-state index contributed by atoms with van der Waals surface area (Å²) in [6.45, 7) is 7.41. The van der Waals surface area contributed by atoms with E-state index in [1.54, 1.807) is 12.1 Å². The van der Waals surface area contributed by atoms with Crippen molar-refractivity contribution in [2.45, 2.75) is 39.2 Å². The highest BCUT2D eigenvalue weighted by atomic mass is 16.6. The van der Waals surface area contributed by atoms with Crippen LogP contribution in [-0.4, -0.2) is 17.5 Å². The molecule has 1 N–H and O–H groups in total. The molecule has 0 aliphatic heterocycles. The second-order valence-corrected chi connectivity index (χ2v) is 5.54. The number of hydrogen-bond donors (Lipinski definition) is 1. The molecule has 1 aromatic carbocycles. The Hall–Kier alpha value is -1.42. The van der Waals surface area contributed by atoms with Gasteiger partial charge in [-0.05, 0) is 24.3 Å². The Labute approximate surface area is 108 Å². The molecule has 0 bridgehead atoms. The maximum Gasteiger partial charge on any atom is 0.272 e. The van der Waals surface area contributed by atoms with E-state index in [2.05, 4.69) is 26.1 Å². The van der Waals surface area contributed by atoms with E-state index >= 15 is 0 Å². The van der Waals surface area contributed by atoms with E-state index in [4.69, 9.17) is 0 Å². The number of nitro groups is 1. The van der Waals surface area contributed by atoms with E-state index in [1.165, 1.54) is 0 Å². The molecule has 4 heteroatoms. The van der Waals surface area contributed by atoms with Gasteiger partial charge in [-0.1, -0.05) is 39.0 Å². The van der Waals surface area contributed by atoms with E-state index < -0.39 is 0 Å². The van der Waals surface area contributed by atoms with Gasteiger partial charge in [-0.25, -0.2) is 0 Å². The summed E-state index contributed by atoms with van der Waals surface area (Å²) >= 11 is 0. The first-order chi connectivity index (χ1) is 8.48. The van der Waals surface area contributed by atoms with Gasteiger partial charge in [0.05, 0.1) is 4.92 Å². The fraction of sp³-hybridized carbons (Fsp3) is 0.571. The lowest BCUT2D eigenvalue weighted by atomic mass is 9.56. The van der Waals surface area contributed by atoms with Crippen LogP contribution < -0.4 is 5.32 Å². The summed E-state index contributed by atoms with van der Waals surface area (Å²) in [5, 5.41) is 14.5. The minimum absolute atomic E-state index is 0.0716. The standard InChI is InChI=1S/C14H20N2O2/c1-4-15-13-9-11(14(13,2)3)10-7-5-6-8-12(10)16(17)18/h5-8,11,13,15H,4,9H2,1-3H3. The molecule has 0 aromatic heterocycles. The molecule has 0 heterocycles. The van der Waals surface area contributed by atoms with Crippen molar-refractivity contribution < 1.29 is 4.92 Å². The molecule has 1 aromatic rings. The lowest BCUT2D eigenvalue weighted by molar-refractivity contribution is -0.386. The molecule has 0 radical (unpaired) electrons. The fourth-order valence-electron chi connectivity index (χ4n) is 2.99. The molecule has 0 saturated heterocycles. The van der Waals surface area contributed by atoms with Crippen molar-refractivity contribution >= 4 is 5.69 Å². The van der Waals surface area contributed by atoms with Gasteiger partial charge in [-0.15, -0.1) is 0 Å². The summed E-state index contributed by atoms with van der Waals surface area (Å²) in [5.41, 5.74) is 1.20. The third-order valence-corrected chi connectivity index (χ3v) is 4.23. The highest BCUT2D eigenvalue weighted by Gasteiger charge is 2.49. The van der Waals surface area contributed by atoms with Crippen molar-refractivity contribution in [2.24, 2.45) is 5.41 Å². The van der Waals surface area contributed by atoms with E-state index in [0.717, 1.165) is 18.5 Å². The van der Waals surface area contributed by atoms with Crippen molar-refractivity contribution in [3.8, 4) is 0 Å². The monoisotopic (exact) mass is 248 g/mol. The summed E-state index contributed by atoms with van der Waals surface area (Å²) in [4.78, 5) is 10.8. The van der Waals surface area contributed by atoms with Gasteiger partial charge < -0.3 is 5.32 Å². The molecule has 1 fully saturated rings. The van der Waals surface area contributed by atoms with Crippen molar-refractivity contribution in [3.63, 3.8) is 0 Å². The van der Waals surface area contributed by atoms with Crippen molar-refractivity contribution in [1.82, 2.24) is 5.32 Å². The maximum absolute atomic E-state index is 11.1. The normalized spacial score (nSPS) is 25.5. The number of nitro benzene ring substituents is 1. The fourth-order valence-corrected chi connectivity index (χ4v) is 2.99. The van der Waals surface area contributed by atoms with Gasteiger partial charge in [0, 0.05) is 17.7 Å². The van der Waals surface area contributed by atoms with Crippen LogP contribution in [-0.2, 0) is 0 Å².